The summed E-state index contributed by atoms with van der Waals surface area (Å²) in [4.78, 5) is 28.4. The van der Waals surface area contributed by atoms with E-state index in [1.165, 1.54) is 4.57 Å². The molecule has 0 radical (unpaired) electrons. The van der Waals surface area contributed by atoms with Crippen molar-refractivity contribution >= 4 is 35.7 Å². The maximum absolute atomic E-state index is 12.5. The average Bonchev–Trinajstić information content (AvgIpc) is 2.84. The first-order valence-corrected chi connectivity index (χ1v) is 8.41. The summed E-state index contributed by atoms with van der Waals surface area (Å²) in [5.74, 6) is 0.629. The molecule has 1 heterocycles. The monoisotopic (exact) mass is 350 g/mol. The van der Waals surface area contributed by atoms with Gasteiger partial charge in [-0.3, -0.25) is 4.79 Å². The number of carbonyl (C=O) groups excluding carboxylic acids is 2. The number of carbonyl (C=O) groups is 2. The zero-order valence-corrected chi connectivity index (χ0v) is 15.0. The fourth-order valence-corrected chi connectivity index (χ4v) is 2.36. The second kappa shape index (κ2) is 7.70. The fraction of sp³-hybridized carbons (Fsp3) is 0.471. The molecule has 1 aromatic heterocycles. The third-order valence-electron chi connectivity index (χ3n) is 3.11. The Balaban J connectivity index is 2.23. The molecule has 0 unspecified atom stereocenters. The Morgan fingerprint density at radius 2 is 1.96 bits per heavy atom. The van der Waals surface area contributed by atoms with Crippen molar-refractivity contribution in [2.75, 3.05) is 12.4 Å². The maximum Gasteiger partial charge on any atom is 0.420 e. The van der Waals surface area contributed by atoms with Crippen molar-refractivity contribution in [2.24, 2.45) is 0 Å². The number of hydrogen-bond donors (Lipinski definition) is 1. The first-order valence-electron chi connectivity index (χ1n) is 7.78. The minimum atomic E-state index is -0.612. The molecule has 0 amide bonds. The number of fused-ring (bicyclic) bond motifs is 1. The van der Waals surface area contributed by atoms with E-state index in [0.29, 0.717) is 29.0 Å². The van der Waals surface area contributed by atoms with E-state index in [1.807, 2.05) is 45.0 Å². The van der Waals surface area contributed by atoms with Crippen LogP contribution in [0.2, 0.25) is 0 Å². The Kier molecular flexibility index (Phi) is 5.88. The Hall–Kier alpha value is -2.02. The highest BCUT2D eigenvalue weighted by Crippen LogP contribution is 2.19. The van der Waals surface area contributed by atoms with E-state index in [4.69, 9.17) is 9.47 Å². The van der Waals surface area contributed by atoms with Gasteiger partial charge >= 0.3 is 12.1 Å². The Morgan fingerprint density at radius 1 is 1.25 bits per heavy atom. The Labute approximate surface area is 146 Å². The molecule has 0 spiro atoms. The first-order chi connectivity index (χ1) is 11.3. The highest BCUT2D eigenvalue weighted by molar-refractivity contribution is 7.80. The third-order valence-corrected chi connectivity index (χ3v) is 3.33. The van der Waals surface area contributed by atoms with Crippen LogP contribution in [0.5, 0.6) is 0 Å². The van der Waals surface area contributed by atoms with E-state index >= 15 is 0 Å². The lowest BCUT2D eigenvalue weighted by molar-refractivity contribution is -0.143. The molecular formula is C17H22N2O4S. The molecule has 2 aromatic rings. The number of nitrogens with zero attached hydrogens (tertiary/aromatic N) is 2. The van der Waals surface area contributed by atoms with Crippen LogP contribution in [0.25, 0.3) is 11.0 Å². The molecule has 0 aliphatic carbocycles. The molecule has 130 valence electrons. The van der Waals surface area contributed by atoms with Gasteiger partial charge in [0.15, 0.2) is 0 Å². The van der Waals surface area contributed by atoms with E-state index in [2.05, 4.69) is 17.6 Å². The van der Waals surface area contributed by atoms with Crippen LogP contribution < -0.4 is 0 Å². The number of para-hydroxylation sites is 2. The molecule has 7 heteroatoms. The smallest absolute Gasteiger partial charge is 0.420 e. The van der Waals surface area contributed by atoms with Gasteiger partial charge in [-0.05, 0) is 32.9 Å². The maximum atomic E-state index is 12.5. The van der Waals surface area contributed by atoms with Gasteiger partial charge in [0.05, 0.1) is 24.1 Å². The summed E-state index contributed by atoms with van der Waals surface area (Å²) in [5, 5.41) is 0. The van der Waals surface area contributed by atoms with Crippen LogP contribution in [0.3, 0.4) is 0 Å². The molecular weight excluding hydrogens is 328 g/mol. The summed E-state index contributed by atoms with van der Waals surface area (Å²) in [6, 6.07) is 7.32. The Morgan fingerprint density at radius 3 is 2.62 bits per heavy atom. The van der Waals surface area contributed by atoms with Gasteiger partial charge in [0.2, 0.25) is 0 Å². The van der Waals surface area contributed by atoms with Crippen LogP contribution in [0.4, 0.5) is 4.79 Å². The number of ether oxygens (including phenoxy) is 2. The molecule has 0 aliphatic heterocycles. The van der Waals surface area contributed by atoms with Gasteiger partial charge in [0, 0.05) is 12.2 Å². The number of benzene rings is 1. The normalized spacial score (nSPS) is 11.5. The van der Waals surface area contributed by atoms with Crippen LogP contribution in [0.15, 0.2) is 24.3 Å². The summed E-state index contributed by atoms with van der Waals surface area (Å²) in [6.45, 7) is 5.58. The number of hydrogen-bond acceptors (Lipinski definition) is 6. The summed E-state index contributed by atoms with van der Waals surface area (Å²) in [7, 11) is 0. The minimum Gasteiger partial charge on any atom is -0.465 e. The average molecular weight is 350 g/mol. The van der Waals surface area contributed by atoms with Gasteiger partial charge in [-0.1, -0.05) is 12.1 Å². The third kappa shape index (κ3) is 4.74. The molecule has 0 bridgehead atoms. The van der Waals surface area contributed by atoms with Crippen LogP contribution in [-0.2, 0) is 20.7 Å². The van der Waals surface area contributed by atoms with Gasteiger partial charge in [0.25, 0.3) is 0 Å². The van der Waals surface area contributed by atoms with Crippen LogP contribution in [0, 0.1) is 0 Å². The first kappa shape index (κ1) is 18.3. The van der Waals surface area contributed by atoms with Crippen molar-refractivity contribution in [3.8, 4) is 0 Å². The topological polar surface area (TPSA) is 70.4 Å². The molecule has 6 nitrogen and oxygen atoms in total. The Bertz CT molecular complexity index is 734. The summed E-state index contributed by atoms with van der Waals surface area (Å²) < 4.78 is 12.0. The van der Waals surface area contributed by atoms with Crippen LogP contribution >= 0.6 is 12.6 Å². The van der Waals surface area contributed by atoms with E-state index in [-0.39, 0.29) is 19.0 Å². The quantitative estimate of drug-likeness (QED) is 0.662. The van der Waals surface area contributed by atoms with E-state index < -0.39 is 11.7 Å². The number of aromatic nitrogens is 2. The van der Waals surface area contributed by atoms with Crippen molar-refractivity contribution in [3.63, 3.8) is 0 Å². The lowest BCUT2D eigenvalue weighted by Crippen LogP contribution is -2.28. The minimum absolute atomic E-state index is 0.152. The van der Waals surface area contributed by atoms with Crippen molar-refractivity contribution < 1.29 is 19.1 Å². The van der Waals surface area contributed by atoms with Gasteiger partial charge in [-0.15, -0.1) is 0 Å². The predicted molar refractivity (Wildman–Crippen MR) is 94.5 cm³/mol. The second-order valence-electron chi connectivity index (χ2n) is 6.28. The summed E-state index contributed by atoms with van der Waals surface area (Å²) in [6.07, 6.45) is 0.0885. The molecule has 24 heavy (non-hydrogen) atoms. The number of imidazole rings is 1. The molecule has 0 saturated carbocycles. The SMILES string of the molecule is CC(C)(C)OC(=O)n1c(CCOC(=O)CCS)nc2ccccc21. The lowest BCUT2D eigenvalue weighted by atomic mass is 10.2. The van der Waals surface area contributed by atoms with E-state index in [1.54, 1.807) is 0 Å². The lowest BCUT2D eigenvalue weighted by Gasteiger charge is -2.20. The zero-order valence-electron chi connectivity index (χ0n) is 14.1. The highest BCUT2D eigenvalue weighted by atomic mass is 32.1. The van der Waals surface area contributed by atoms with Gasteiger partial charge < -0.3 is 9.47 Å². The van der Waals surface area contributed by atoms with Gasteiger partial charge in [-0.2, -0.15) is 12.6 Å². The number of esters is 1. The van der Waals surface area contributed by atoms with E-state index in [0.717, 1.165) is 0 Å². The molecule has 2 rings (SSSR count). The zero-order chi connectivity index (χ0) is 17.7. The second-order valence-corrected chi connectivity index (χ2v) is 6.72. The van der Waals surface area contributed by atoms with Crippen molar-refractivity contribution in [2.45, 2.75) is 39.2 Å². The number of thiol groups is 1. The van der Waals surface area contributed by atoms with Crippen molar-refractivity contribution in [3.05, 3.63) is 30.1 Å². The van der Waals surface area contributed by atoms with Crippen LogP contribution in [-0.4, -0.2) is 39.6 Å². The molecule has 0 aliphatic rings. The molecule has 0 atom stereocenters. The molecule has 0 fully saturated rings. The fourth-order valence-electron chi connectivity index (χ4n) is 2.17. The highest BCUT2D eigenvalue weighted by Gasteiger charge is 2.23. The van der Waals surface area contributed by atoms with Gasteiger partial charge in [-0.25, -0.2) is 14.3 Å². The van der Waals surface area contributed by atoms with Gasteiger partial charge in [0.1, 0.15) is 11.4 Å². The predicted octanol–water partition coefficient (Wildman–Crippen LogP) is 3.23. The summed E-state index contributed by atoms with van der Waals surface area (Å²) >= 11 is 3.99. The molecule has 0 N–H and O–H groups in total. The summed E-state index contributed by atoms with van der Waals surface area (Å²) in [5.41, 5.74) is 0.752. The largest absolute Gasteiger partial charge is 0.465 e. The molecule has 1 aromatic carbocycles. The van der Waals surface area contributed by atoms with Crippen molar-refractivity contribution in [1.29, 1.82) is 0 Å². The number of rotatable bonds is 5. The van der Waals surface area contributed by atoms with Crippen molar-refractivity contribution in [1.82, 2.24) is 9.55 Å². The van der Waals surface area contributed by atoms with Crippen LogP contribution in [0.1, 0.15) is 33.0 Å². The molecule has 0 saturated heterocycles. The standard InChI is InChI=1S/C17H22N2O4S/c1-17(2,3)23-16(21)19-13-7-5-4-6-12(13)18-14(19)8-10-22-15(20)9-11-24/h4-7,24H,8-11H2,1-3H3. The van der Waals surface area contributed by atoms with E-state index in [9.17, 15) is 9.59 Å².